The highest BCUT2D eigenvalue weighted by atomic mass is 16.5. The number of carbonyl (C=O) groups excluding carboxylic acids is 1. The summed E-state index contributed by atoms with van der Waals surface area (Å²) in [5.74, 6) is -0.714. The van der Waals surface area contributed by atoms with Crippen LogP contribution in [0.25, 0.3) is 0 Å². The van der Waals surface area contributed by atoms with Crippen molar-refractivity contribution in [1.29, 1.82) is 5.26 Å². The molecule has 0 aromatic rings. The van der Waals surface area contributed by atoms with Crippen LogP contribution in [0.1, 0.15) is 13.8 Å². The van der Waals surface area contributed by atoms with Gasteiger partial charge in [-0.15, -0.1) is 0 Å². The zero-order chi connectivity index (χ0) is 10.3. The molecule has 0 aliphatic rings. The average Bonchev–Trinajstić information content (AvgIpc) is 2.15. The van der Waals surface area contributed by atoms with Gasteiger partial charge in [-0.1, -0.05) is 0 Å². The number of nitriles is 1. The van der Waals surface area contributed by atoms with Crippen LogP contribution in [0.3, 0.4) is 0 Å². The van der Waals surface area contributed by atoms with Gasteiger partial charge in [0.2, 0.25) is 5.91 Å². The fraction of sp³-hybridized carbons (Fsp3) is 0.778. The highest BCUT2D eigenvalue weighted by molar-refractivity contribution is 5.80. The standard InChI is InChI=1S/C9H16N2O2/c1-4-13-6-5-11(3)9(12)8(2)7-10/h8H,4-6H2,1-3H3. The lowest BCUT2D eigenvalue weighted by Crippen LogP contribution is -2.33. The van der Waals surface area contributed by atoms with Crippen LogP contribution in [0.5, 0.6) is 0 Å². The van der Waals surface area contributed by atoms with E-state index in [2.05, 4.69) is 0 Å². The second kappa shape index (κ2) is 6.44. The van der Waals surface area contributed by atoms with Crippen LogP contribution >= 0.6 is 0 Å². The fourth-order valence-electron chi connectivity index (χ4n) is 0.842. The van der Waals surface area contributed by atoms with Crippen molar-refractivity contribution in [1.82, 2.24) is 4.90 Å². The van der Waals surface area contributed by atoms with Crippen molar-refractivity contribution in [2.45, 2.75) is 13.8 Å². The second-order valence-electron chi connectivity index (χ2n) is 2.81. The van der Waals surface area contributed by atoms with Gasteiger partial charge in [0.25, 0.3) is 0 Å². The number of amides is 1. The number of rotatable bonds is 5. The smallest absolute Gasteiger partial charge is 0.239 e. The molecule has 0 aliphatic carbocycles. The number of carbonyl (C=O) groups is 1. The monoisotopic (exact) mass is 184 g/mol. The van der Waals surface area contributed by atoms with Crippen molar-refractivity contribution in [3.8, 4) is 6.07 Å². The van der Waals surface area contributed by atoms with Crippen LogP contribution in [0.2, 0.25) is 0 Å². The highest BCUT2D eigenvalue weighted by Crippen LogP contribution is 1.98. The van der Waals surface area contributed by atoms with Gasteiger partial charge in [0.05, 0.1) is 12.7 Å². The van der Waals surface area contributed by atoms with Crippen molar-refractivity contribution >= 4 is 5.91 Å². The minimum Gasteiger partial charge on any atom is -0.380 e. The molecule has 0 saturated heterocycles. The number of nitrogens with zero attached hydrogens (tertiary/aromatic N) is 2. The van der Waals surface area contributed by atoms with Gasteiger partial charge in [-0.05, 0) is 13.8 Å². The molecule has 0 aliphatic heterocycles. The molecule has 0 spiro atoms. The highest BCUT2D eigenvalue weighted by Gasteiger charge is 2.15. The van der Waals surface area contributed by atoms with E-state index in [9.17, 15) is 4.79 Å². The van der Waals surface area contributed by atoms with E-state index in [1.54, 1.807) is 14.0 Å². The van der Waals surface area contributed by atoms with Crippen LogP contribution in [0.4, 0.5) is 0 Å². The van der Waals surface area contributed by atoms with Gasteiger partial charge in [-0.2, -0.15) is 5.26 Å². The predicted molar refractivity (Wildman–Crippen MR) is 48.9 cm³/mol. The van der Waals surface area contributed by atoms with Gasteiger partial charge in [0.15, 0.2) is 0 Å². The molecule has 0 rings (SSSR count). The summed E-state index contributed by atoms with van der Waals surface area (Å²) in [6.07, 6.45) is 0. The largest absolute Gasteiger partial charge is 0.380 e. The van der Waals surface area contributed by atoms with E-state index in [1.807, 2.05) is 13.0 Å². The third-order valence-electron chi connectivity index (χ3n) is 1.72. The molecular weight excluding hydrogens is 168 g/mol. The molecule has 74 valence electrons. The summed E-state index contributed by atoms with van der Waals surface area (Å²) >= 11 is 0. The Morgan fingerprint density at radius 3 is 2.77 bits per heavy atom. The summed E-state index contributed by atoms with van der Waals surface area (Å²) in [7, 11) is 1.68. The molecule has 0 saturated carbocycles. The van der Waals surface area contributed by atoms with E-state index in [0.717, 1.165) is 0 Å². The van der Waals surface area contributed by atoms with E-state index >= 15 is 0 Å². The lowest BCUT2D eigenvalue weighted by atomic mass is 10.2. The molecule has 0 heterocycles. The molecule has 4 nitrogen and oxygen atoms in total. The first kappa shape index (κ1) is 11.9. The molecule has 4 heteroatoms. The average molecular weight is 184 g/mol. The maximum absolute atomic E-state index is 11.3. The maximum Gasteiger partial charge on any atom is 0.239 e. The first-order valence-electron chi connectivity index (χ1n) is 4.35. The molecule has 1 amide bonds. The Labute approximate surface area is 79.1 Å². The third-order valence-corrected chi connectivity index (χ3v) is 1.72. The van der Waals surface area contributed by atoms with E-state index in [0.29, 0.717) is 19.8 Å². The summed E-state index contributed by atoms with van der Waals surface area (Å²) in [6, 6.07) is 1.90. The number of ether oxygens (including phenoxy) is 1. The normalized spacial score (nSPS) is 11.8. The van der Waals surface area contributed by atoms with Crippen molar-refractivity contribution < 1.29 is 9.53 Å². The SMILES string of the molecule is CCOCCN(C)C(=O)C(C)C#N. The lowest BCUT2D eigenvalue weighted by molar-refractivity contribution is -0.132. The molecule has 1 atom stereocenters. The van der Waals surface area contributed by atoms with Gasteiger partial charge in [0.1, 0.15) is 5.92 Å². The molecule has 13 heavy (non-hydrogen) atoms. The zero-order valence-corrected chi connectivity index (χ0v) is 8.41. The van der Waals surface area contributed by atoms with Gasteiger partial charge >= 0.3 is 0 Å². The first-order chi connectivity index (χ1) is 6.13. The molecule has 0 radical (unpaired) electrons. The van der Waals surface area contributed by atoms with Crippen LogP contribution < -0.4 is 0 Å². The molecular formula is C9H16N2O2. The quantitative estimate of drug-likeness (QED) is 0.589. The van der Waals surface area contributed by atoms with Crippen LogP contribution in [-0.4, -0.2) is 37.6 Å². The maximum atomic E-state index is 11.3. The van der Waals surface area contributed by atoms with E-state index in [1.165, 1.54) is 4.90 Å². The Morgan fingerprint density at radius 2 is 2.31 bits per heavy atom. The predicted octanol–water partition coefficient (Wildman–Crippen LogP) is 0.641. The minimum atomic E-state index is -0.563. The number of hydrogen-bond donors (Lipinski definition) is 0. The van der Waals surface area contributed by atoms with Gasteiger partial charge in [-0.3, -0.25) is 4.79 Å². The van der Waals surface area contributed by atoms with E-state index in [4.69, 9.17) is 10.00 Å². The molecule has 0 fully saturated rings. The van der Waals surface area contributed by atoms with Gasteiger partial charge in [0, 0.05) is 20.2 Å². The van der Waals surface area contributed by atoms with Crippen LogP contribution in [0.15, 0.2) is 0 Å². The summed E-state index contributed by atoms with van der Waals surface area (Å²) in [5, 5.41) is 8.50. The van der Waals surface area contributed by atoms with Crippen LogP contribution in [-0.2, 0) is 9.53 Å². The van der Waals surface area contributed by atoms with Crippen molar-refractivity contribution in [2.75, 3.05) is 26.8 Å². The topological polar surface area (TPSA) is 53.3 Å². The first-order valence-corrected chi connectivity index (χ1v) is 4.35. The Balaban J connectivity index is 3.77. The lowest BCUT2D eigenvalue weighted by Gasteiger charge is -2.17. The number of hydrogen-bond acceptors (Lipinski definition) is 3. The number of likely N-dealkylation sites (N-methyl/N-ethyl adjacent to an activating group) is 1. The Kier molecular flexibility index (Phi) is 5.90. The van der Waals surface area contributed by atoms with E-state index in [-0.39, 0.29) is 5.91 Å². The van der Waals surface area contributed by atoms with Crippen molar-refractivity contribution in [3.63, 3.8) is 0 Å². The molecule has 0 aromatic carbocycles. The van der Waals surface area contributed by atoms with Crippen LogP contribution in [0, 0.1) is 17.2 Å². The minimum absolute atomic E-state index is 0.151. The summed E-state index contributed by atoms with van der Waals surface area (Å²) < 4.78 is 5.09. The van der Waals surface area contributed by atoms with Gasteiger partial charge in [-0.25, -0.2) is 0 Å². The zero-order valence-electron chi connectivity index (χ0n) is 8.41. The second-order valence-corrected chi connectivity index (χ2v) is 2.81. The van der Waals surface area contributed by atoms with Crippen molar-refractivity contribution in [2.24, 2.45) is 5.92 Å². The summed E-state index contributed by atoms with van der Waals surface area (Å²) in [4.78, 5) is 12.8. The molecule has 0 aromatic heterocycles. The third kappa shape index (κ3) is 4.48. The molecule has 0 bridgehead atoms. The molecule has 1 unspecified atom stereocenters. The Hall–Kier alpha value is -1.08. The summed E-state index contributed by atoms with van der Waals surface area (Å²) in [5.41, 5.74) is 0. The van der Waals surface area contributed by atoms with Gasteiger partial charge < -0.3 is 9.64 Å². The fourth-order valence-corrected chi connectivity index (χ4v) is 0.842. The summed E-state index contributed by atoms with van der Waals surface area (Å²) in [6.45, 7) is 5.21. The van der Waals surface area contributed by atoms with Crippen molar-refractivity contribution in [3.05, 3.63) is 0 Å². The Bertz CT molecular complexity index is 198. The van der Waals surface area contributed by atoms with E-state index < -0.39 is 5.92 Å². The molecule has 0 N–H and O–H groups in total. The Morgan fingerprint density at radius 1 is 1.69 bits per heavy atom.